The number of halogens is 1. The van der Waals surface area contributed by atoms with Crippen molar-refractivity contribution in [2.75, 3.05) is 40.4 Å². The molecule has 1 atom stereocenters. The first-order valence-corrected chi connectivity index (χ1v) is 8.58. The zero-order chi connectivity index (χ0) is 17.5. The van der Waals surface area contributed by atoms with E-state index in [0.29, 0.717) is 36.2 Å². The zero-order valence-electron chi connectivity index (χ0n) is 14.3. The lowest BCUT2D eigenvalue weighted by atomic mass is 9.96. The van der Waals surface area contributed by atoms with Gasteiger partial charge in [-0.25, -0.2) is 0 Å². The highest BCUT2D eigenvalue weighted by atomic mass is 35.5. The Morgan fingerprint density at radius 3 is 2.88 bits per heavy atom. The van der Waals surface area contributed by atoms with Crippen molar-refractivity contribution in [1.29, 1.82) is 0 Å². The SMILES string of the molecule is COc1ccc(CN2CCCC(C(=O)NCCN)C2)c(Cl)c1OC. The number of piperidine rings is 1. The van der Waals surface area contributed by atoms with E-state index in [1.54, 1.807) is 14.2 Å². The molecule has 0 bridgehead atoms. The first-order valence-electron chi connectivity index (χ1n) is 8.20. The van der Waals surface area contributed by atoms with E-state index in [2.05, 4.69) is 10.2 Å². The molecule has 1 aromatic rings. The van der Waals surface area contributed by atoms with Crippen molar-refractivity contribution in [1.82, 2.24) is 10.2 Å². The number of hydrogen-bond donors (Lipinski definition) is 2. The van der Waals surface area contributed by atoms with Crippen LogP contribution in [0.3, 0.4) is 0 Å². The second-order valence-corrected chi connectivity index (χ2v) is 6.31. The van der Waals surface area contributed by atoms with Gasteiger partial charge in [0.15, 0.2) is 11.5 Å². The third-order valence-electron chi connectivity index (χ3n) is 4.28. The van der Waals surface area contributed by atoms with Crippen LogP contribution in [0.25, 0.3) is 0 Å². The minimum absolute atomic E-state index is 0.00391. The topological polar surface area (TPSA) is 76.8 Å². The molecule has 6 nitrogen and oxygen atoms in total. The molecule has 2 rings (SSSR count). The summed E-state index contributed by atoms with van der Waals surface area (Å²) in [5.41, 5.74) is 6.41. The quantitative estimate of drug-likeness (QED) is 0.777. The molecule has 134 valence electrons. The fraction of sp³-hybridized carbons (Fsp3) is 0.588. The van der Waals surface area contributed by atoms with E-state index in [-0.39, 0.29) is 11.8 Å². The largest absolute Gasteiger partial charge is 0.493 e. The molecule has 1 aliphatic rings. The Hall–Kier alpha value is -1.50. The molecule has 1 amide bonds. The number of likely N-dealkylation sites (tertiary alicyclic amines) is 1. The number of rotatable bonds is 7. The number of nitrogens with zero attached hydrogens (tertiary/aromatic N) is 1. The standard InChI is InChI=1S/C17H26ClN3O3/c1-23-14-6-5-12(15(18)16(14)24-2)10-21-9-3-4-13(11-21)17(22)20-8-7-19/h5-6,13H,3-4,7-11,19H2,1-2H3,(H,20,22). The van der Waals surface area contributed by atoms with Gasteiger partial charge in [-0.1, -0.05) is 17.7 Å². The van der Waals surface area contributed by atoms with Crippen molar-refractivity contribution in [3.05, 3.63) is 22.7 Å². The van der Waals surface area contributed by atoms with Crippen LogP contribution in [0.5, 0.6) is 11.5 Å². The summed E-state index contributed by atoms with van der Waals surface area (Å²) in [5.74, 6) is 1.25. The maximum Gasteiger partial charge on any atom is 0.224 e. The second-order valence-electron chi connectivity index (χ2n) is 5.93. The van der Waals surface area contributed by atoms with Crippen LogP contribution >= 0.6 is 11.6 Å². The Kier molecular flexibility index (Phi) is 7.15. The molecule has 3 N–H and O–H groups in total. The predicted octanol–water partition coefficient (Wildman–Crippen LogP) is 1.64. The maximum absolute atomic E-state index is 12.1. The van der Waals surface area contributed by atoms with E-state index < -0.39 is 0 Å². The van der Waals surface area contributed by atoms with Crippen molar-refractivity contribution >= 4 is 17.5 Å². The van der Waals surface area contributed by atoms with E-state index in [1.165, 1.54) is 0 Å². The molecule has 0 spiro atoms. The molecule has 0 aromatic heterocycles. The second kappa shape index (κ2) is 9.11. The normalized spacial score (nSPS) is 18.2. The first-order chi connectivity index (χ1) is 11.6. The monoisotopic (exact) mass is 355 g/mol. The molecular weight excluding hydrogens is 330 g/mol. The highest BCUT2D eigenvalue weighted by Crippen LogP contribution is 2.38. The number of hydrogen-bond acceptors (Lipinski definition) is 5. The third kappa shape index (κ3) is 4.53. The molecule has 0 saturated carbocycles. The van der Waals surface area contributed by atoms with Gasteiger partial charge in [0.05, 0.1) is 25.2 Å². The molecule has 0 radical (unpaired) electrons. The number of methoxy groups -OCH3 is 2. The van der Waals surface area contributed by atoms with Crippen molar-refractivity contribution < 1.29 is 14.3 Å². The van der Waals surface area contributed by atoms with Gasteiger partial charge in [0, 0.05) is 26.2 Å². The van der Waals surface area contributed by atoms with E-state index in [4.69, 9.17) is 26.8 Å². The van der Waals surface area contributed by atoms with Crippen LogP contribution in [0, 0.1) is 5.92 Å². The molecule has 1 fully saturated rings. The Balaban J connectivity index is 2.04. The van der Waals surface area contributed by atoms with Crippen molar-refractivity contribution in [2.45, 2.75) is 19.4 Å². The third-order valence-corrected chi connectivity index (χ3v) is 4.69. The fourth-order valence-corrected chi connectivity index (χ4v) is 3.34. The Bertz CT molecular complexity index is 568. The zero-order valence-corrected chi connectivity index (χ0v) is 15.1. The predicted molar refractivity (Wildman–Crippen MR) is 94.6 cm³/mol. The van der Waals surface area contributed by atoms with Crippen LogP contribution in [0.15, 0.2) is 12.1 Å². The van der Waals surface area contributed by atoms with E-state index in [9.17, 15) is 4.79 Å². The minimum atomic E-state index is 0.00391. The number of nitrogens with one attached hydrogen (secondary N) is 1. The lowest BCUT2D eigenvalue weighted by Gasteiger charge is -2.32. The van der Waals surface area contributed by atoms with E-state index >= 15 is 0 Å². The molecular formula is C17H26ClN3O3. The molecule has 1 aromatic carbocycles. The summed E-state index contributed by atoms with van der Waals surface area (Å²) in [4.78, 5) is 14.4. The molecule has 24 heavy (non-hydrogen) atoms. The van der Waals surface area contributed by atoms with Gasteiger partial charge in [-0.15, -0.1) is 0 Å². The van der Waals surface area contributed by atoms with Crippen LogP contribution in [0.2, 0.25) is 5.02 Å². The number of carbonyl (C=O) groups is 1. The number of carbonyl (C=O) groups excluding carboxylic acids is 1. The first kappa shape index (κ1) is 18.8. The summed E-state index contributed by atoms with van der Waals surface area (Å²) in [7, 11) is 3.16. The number of ether oxygens (including phenoxy) is 2. The van der Waals surface area contributed by atoms with Crippen LogP contribution < -0.4 is 20.5 Å². The van der Waals surface area contributed by atoms with Gasteiger partial charge < -0.3 is 20.5 Å². The summed E-state index contributed by atoms with van der Waals surface area (Å²) >= 11 is 6.45. The number of benzene rings is 1. The fourth-order valence-electron chi connectivity index (χ4n) is 3.05. The van der Waals surface area contributed by atoms with Gasteiger partial charge >= 0.3 is 0 Å². The van der Waals surface area contributed by atoms with Gasteiger partial charge in [0.2, 0.25) is 5.91 Å². The Morgan fingerprint density at radius 1 is 1.42 bits per heavy atom. The van der Waals surface area contributed by atoms with Gasteiger partial charge in [0.25, 0.3) is 0 Å². The summed E-state index contributed by atoms with van der Waals surface area (Å²) in [6.07, 6.45) is 1.90. The van der Waals surface area contributed by atoms with Crippen LogP contribution in [0.1, 0.15) is 18.4 Å². The smallest absolute Gasteiger partial charge is 0.224 e. The molecule has 0 aliphatic carbocycles. The Morgan fingerprint density at radius 2 is 2.21 bits per heavy atom. The maximum atomic E-state index is 12.1. The van der Waals surface area contributed by atoms with Crippen LogP contribution in [0.4, 0.5) is 0 Å². The van der Waals surface area contributed by atoms with Gasteiger partial charge in [0.1, 0.15) is 0 Å². The van der Waals surface area contributed by atoms with Gasteiger partial charge in [-0.2, -0.15) is 0 Å². The number of amides is 1. The lowest BCUT2D eigenvalue weighted by molar-refractivity contribution is -0.126. The van der Waals surface area contributed by atoms with E-state index in [1.807, 2.05) is 12.1 Å². The minimum Gasteiger partial charge on any atom is -0.493 e. The summed E-state index contributed by atoms with van der Waals surface area (Å²) in [6.45, 7) is 3.34. The highest BCUT2D eigenvalue weighted by molar-refractivity contribution is 6.33. The molecule has 7 heteroatoms. The van der Waals surface area contributed by atoms with Crippen LogP contribution in [-0.2, 0) is 11.3 Å². The van der Waals surface area contributed by atoms with Crippen molar-refractivity contribution in [3.63, 3.8) is 0 Å². The molecule has 1 saturated heterocycles. The Labute approximate surface area is 148 Å². The average molecular weight is 356 g/mol. The van der Waals surface area contributed by atoms with Gasteiger partial charge in [-0.3, -0.25) is 9.69 Å². The molecule has 1 aliphatic heterocycles. The summed E-state index contributed by atoms with van der Waals surface area (Å²) in [6, 6.07) is 3.80. The van der Waals surface area contributed by atoms with Crippen LogP contribution in [-0.4, -0.2) is 51.2 Å². The van der Waals surface area contributed by atoms with E-state index in [0.717, 1.165) is 31.5 Å². The summed E-state index contributed by atoms with van der Waals surface area (Å²) in [5, 5.41) is 3.44. The summed E-state index contributed by atoms with van der Waals surface area (Å²) < 4.78 is 10.6. The highest BCUT2D eigenvalue weighted by Gasteiger charge is 2.26. The number of nitrogens with two attached hydrogens (primary N) is 1. The van der Waals surface area contributed by atoms with Gasteiger partial charge in [-0.05, 0) is 31.0 Å². The molecule has 1 heterocycles. The molecule has 1 unspecified atom stereocenters. The average Bonchev–Trinajstić information content (AvgIpc) is 2.61. The lowest BCUT2D eigenvalue weighted by Crippen LogP contribution is -2.43. The van der Waals surface area contributed by atoms with Crippen molar-refractivity contribution in [2.24, 2.45) is 11.7 Å². The van der Waals surface area contributed by atoms with Crippen molar-refractivity contribution in [3.8, 4) is 11.5 Å².